The van der Waals surface area contributed by atoms with Crippen molar-refractivity contribution < 1.29 is 14.3 Å². The summed E-state index contributed by atoms with van der Waals surface area (Å²) >= 11 is 5.82. The van der Waals surface area contributed by atoms with Gasteiger partial charge in [-0.05, 0) is 43.5 Å². The SMILES string of the molecule is CC(Oc1ccc(Cl)cc1)C(=O)NCCNC(=O)CCC1CCCCC1. The van der Waals surface area contributed by atoms with E-state index < -0.39 is 6.10 Å². The minimum Gasteiger partial charge on any atom is -0.481 e. The van der Waals surface area contributed by atoms with E-state index in [9.17, 15) is 9.59 Å². The lowest BCUT2D eigenvalue weighted by molar-refractivity contribution is -0.127. The van der Waals surface area contributed by atoms with Crippen LogP contribution < -0.4 is 15.4 Å². The molecule has 144 valence electrons. The number of rotatable bonds is 9. The number of carbonyl (C=O) groups is 2. The highest BCUT2D eigenvalue weighted by atomic mass is 35.5. The number of amides is 2. The van der Waals surface area contributed by atoms with Gasteiger partial charge in [0.2, 0.25) is 5.91 Å². The number of halogens is 1. The first-order chi connectivity index (χ1) is 12.5. The fraction of sp³-hybridized carbons (Fsp3) is 0.600. The quantitative estimate of drug-likeness (QED) is 0.642. The van der Waals surface area contributed by atoms with Gasteiger partial charge >= 0.3 is 0 Å². The van der Waals surface area contributed by atoms with Crippen LogP contribution in [0, 0.1) is 5.92 Å². The monoisotopic (exact) mass is 380 g/mol. The second-order valence-corrected chi connectivity index (χ2v) is 7.33. The zero-order chi connectivity index (χ0) is 18.8. The molecule has 1 atom stereocenters. The Balaban J connectivity index is 1.55. The third kappa shape index (κ3) is 7.65. The highest BCUT2D eigenvalue weighted by molar-refractivity contribution is 6.30. The Morgan fingerprint density at radius 3 is 2.46 bits per heavy atom. The lowest BCUT2D eigenvalue weighted by Crippen LogP contribution is -2.40. The van der Waals surface area contributed by atoms with Gasteiger partial charge in [0.15, 0.2) is 6.10 Å². The van der Waals surface area contributed by atoms with Gasteiger partial charge in [-0.2, -0.15) is 0 Å². The highest BCUT2D eigenvalue weighted by Crippen LogP contribution is 2.27. The third-order valence-electron chi connectivity index (χ3n) is 4.75. The van der Waals surface area contributed by atoms with E-state index in [0.29, 0.717) is 36.2 Å². The summed E-state index contributed by atoms with van der Waals surface area (Å²) in [7, 11) is 0. The van der Waals surface area contributed by atoms with Gasteiger partial charge in [-0.25, -0.2) is 0 Å². The number of hydrogen-bond donors (Lipinski definition) is 2. The van der Waals surface area contributed by atoms with Gasteiger partial charge in [0.25, 0.3) is 5.91 Å². The average molecular weight is 381 g/mol. The molecule has 6 heteroatoms. The van der Waals surface area contributed by atoms with Crippen LogP contribution in [0.3, 0.4) is 0 Å². The van der Waals surface area contributed by atoms with Crippen LogP contribution in [-0.2, 0) is 9.59 Å². The minimum atomic E-state index is -0.613. The second-order valence-electron chi connectivity index (χ2n) is 6.90. The molecule has 0 spiro atoms. The van der Waals surface area contributed by atoms with Crippen molar-refractivity contribution in [3.05, 3.63) is 29.3 Å². The van der Waals surface area contributed by atoms with E-state index in [0.717, 1.165) is 6.42 Å². The van der Waals surface area contributed by atoms with Crippen LogP contribution in [0.5, 0.6) is 5.75 Å². The van der Waals surface area contributed by atoms with Crippen LogP contribution >= 0.6 is 11.6 Å². The largest absolute Gasteiger partial charge is 0.481 e. The number of ether oxygens (including phenoxy) is 1. The van der Waals surface area contributed by atoms with E-state index in [1.165, 1.54) is 32.1 Å². The van der Waals surface area contributed by atoms with Crippen molar-refractivity contribution in [1.82, 2.24) is 10.6 Å². The Labute approximate surface area is 160 Å². The van der Waals surface area contributed by atoms with E-state index in [1.807, 2.05) is 0 Å². The van der Waals surface area contributed by atoms with Gasteiger partial charge in [0, 0.05) is 24.5 Å². The molecule has 1 saturated carbocycles. The molecule has 1 aliphatic carbocycles. The topological polar surface area (TPSA) is 67.4 Å². The molecular formula is C20H29ClN2O3. The molecule has 1 aromatic carbocycles. The lowest BCUT2D eigenvalue weighted by atomic mass is 9.86. The summed E-state index contributed by atoms with van der Waals surface area (Å²) in [6, 6.07) is 6.87. The van der Waals surface area contributed by atoms with Gasteiger partial charge in [-0.15, -0.1) is 0 Å². The van der Waals surface area contributed by atoms with Crippen molar-refractivity contribution in [3.8, 4) is 5.75 Å². The highest BCUT2D eigenvalue weighted by Gasteiger charge is 2.16. The number of benzene rings is 1. The molecule has 0 radical (unpaired) electrons. The van der Waals surface area contributed by atoms with Gasteiger partial charge in [-0.3, -0.25) is 9.59 Å². The van der Waals surface area contributed by atoms with Crippen LogP contribution in [0.25, 0.3) is 0 Å². The molecule has 2 rings (SSSR count). The molecule has 1 unspecified atom stereocenters. The smallest absolute Gasteiger partial charge is 0.260 e. The standard InChI is InChI=1S/C20H29ClN2O3/c1-15(26-18-10-8-17(21)9-11-18)20(25)23-14-13-22-19(24)12-7-16-5-3-2-4-6-16/h8-11,15-16H,2-7,12-14H2,1H3,(H,22,24)(H,23,25). The average Bonchev–Trinajstić information content (AvgIpc) is 2.66. The van der Waals surface area contributed by atoms with E-state index in [-0.39, 0.29) is 11.8 Å². The van der Waals surface area contributed by atoms with Crippen molar-refractivity contribution in [1.29, 1.82) is 0 Å². The zero-order valence-electron chi connectivity index (χ0n) is 15.4. The second kappa shape index (κ2) is 11.1. The van der Waals surface area contributed by atoms with E-state index in [4.69, 9.17) is 16.3 Å². The molecule has 0 aromatic heterocycles. The van der Waals surface area contributed by atoms with Crippen LogP contribution in [0.4, 0.5) is 0 Å². The molecular weight excluding hydrogens is 352 g/mol. The van der Waals surface area contributed by atoms with Crippen LogP contribution in [-0.4, -0.2) is 31.0 Å². The van der Waals surface area contributed by atoms with Crippen molar-refractivity contribution in [2.45, 2.75) is 58.0 Å². The Kier molecular flexibility index (Phi) is 8.75. The summed E-state index contributed by atoms with van der Waals surface area (Å²) in [4.78, 5) is 23.9. The Morgan fingerprint density at radius 2 is 1.77 bits per heavy atom. The molecule has 0 saturated heterocycles. The molecule has 0 bridgehead atoms. The molecule has 2 amide bonds. The van der Waals surface area contributed by atoms with Crippen LogP contribution in [0.2, 0.25) is 5.02 Å². The molecule has 1 aromatic rings. The number of nitrogens with one attached hydrogen (secondary N) is 2. The Hall–Kier alpha value is -1.75. The fourth-order valence-corrected chi connectivity index (χ4v) is 3.33. The molecule has 2 N–H and O–H groups in total. The Morgan fingerprint density at radius 1 is 1.12 bits per heavy atom. The van der Waals surface area contributed by atoms with Gasteiger partial charge in [0.05, 0.1) is 0 Å². The maximum atomic E-state index is 12.0. The van der Waals surface area contributed by atoms with Crippen molar-refractivity contribution in [2.24, 2.45) is 5.92 Å². The van der Waals surface area contributed by atoms with E-state index >= 15 is 0 Å². The molecule has 0 heterocycles. The maximum absolute atomic E-state index is 12.0. The summed E-state index contributed by atoms with van der Waals surface area (Å²) < 4.78 is 5.56. The molecule has 1 fully saturated rings. The van der Waals surface area contributed by atoms with E-state index in [1.54, 1.807) is 31.2 Å². The minimum absolute atomic E-state index is 0.0651. The maximum Gasteiger partial charge on any atom is 0.260 e. The van der Waals surface area contributed by atoms with Crippen molar-refractivity contribution >= 4 is 23.4 Å². The molecule has 1 aliphatic rings. The van der Waals surface area contributed by atoms with Crippen LogP contribution in [0.1, 0.15) is 51.9 Å². The predicted octanol–water partition coefficient (Wildman–Crippen LogP) is 3.70. The summed E-state index contributed by atoms with van der Waals surface area (Å²) in [5, 5.41) is 6.25. The molecule has 26 heavy (non-hydrogen) atoms. The van der Waals surface area contributed by atoms with Gasteiger partial charge < -0.3 is 15.4 Å². The van der Waals surface area contributed by atoms with Crippen LogP contribution in [0.15, 0.2) is 24.3 Å². The molecule has 0 aliphatic heterocycles. The number of carbonyl (C=O) groups excluding carboxylic acids is 2. The first kappa shape index (κ1) is 20.6. The van der Waals surface area contributed by atoms with Crippen molar-refractivity contribution in [3.63, 3.8) is 0 Å². The summed E-state index contributed by atoms with van der Waals surface area (Å²) in [5.74, 6) is 1.15. The normalized spacial score (nSPS) is 15.9. The summed E-state index contributed by atoms with van der Waals surface area (Å²) in [5.41, 5.74) is 0. The van der Waals surface area contributed by atoms with Crippen molar-refractivity contribution in [2.75, 3.05) is 13.1 Å². The summed E-state index contributed by atoms with van der Waals surface area (Å²) in [6.07, 6.45) is 7.40. The Bertz CT molecular complexity index is 571. The van der Waals surface area contributed by atoms with E-state index in [2.05, 4.69) is 10.6 Å². The third-order valence-corrected chi connectivity index (χ3v) is 5.00. The lowest BCUT2D eigenvalue weighted by Gasteiger charge is -2.21. The summed E-state index contributed by atoms with van der Waals surface area (Å²) in [6.45, 7) is 2.51. The van der Waals surface area contributed by atoms with Gasteiger partial charge in [0.1, 0.15) is 5.75 Å². The first-order valence-corrected chi connectivity index (χ1v) is 9.89. The first-order valence-electron chi connectivity index (χ1n) is 9.51. The molecule has 5 nitrogen and oxygen atoms in total. The zero-order valence-corrected chi connectivity index (χ0v) is 16.2. The number of hydrogen-bond acceptors (Lipinski definition) is 3. The van der Waals surface area contributed by atoms with Gasteiger partial charge in [-0.1, -0.05) is 43.7 Å². The predicted molar refractivity (Wildman–Crippen MR) is 103 cm³/mol. The fourth-order valence-electron chi connectivity index (χ4n) is 3.20.